The smallest absolute Gasteiger partial charge is 0.210 e. The maximum Gasteiger partial charge on any atom is 0.210 e. The number of rotatable bonds is 3. The summed E-state index contributed by atoms with van der Waals surface area (Å²) in [5.74, 6) is 1.09. The van der Waals surface area contributed by atoms with Gasteiger partial charge in [-0.25, -0.2) is 9.37 Å². The maximum atomic E-state index is 14.2. The lowest BCUT2D eigenvalue weighted by atomic mass is 9.99. The van der Waals surface area contributed by atoms with E-state index in [-0.39, 0.29) is 5.82 Å². The molecule has 3 heterocycles. The molecule has 0 saturated carbocycles. The predicted octanol–water partition coefficient (Wildman–Crippen LogP) is 2.96. The second kappa shape index (κ2) is 5.77. The number of benzene rings is 1. The van der Waals surface area contributed by atoms with Crippen LogP contribution in [-0.2, 0) is 13.0 Å². The van der Waals surface area contributed by atoms with Crippen molar-refractivity contribution in [3.05, 3.63) is 46.1 Å². The van der Waals surface area contributed by atoms with E-state index in [2.05, 4.69) is 36.4 Å². The fraction of sp³-hybridized carbons (Fsp3) is 0.267. The van der Waals surface area contributed by atoms with Crippen molar-refractivity contribution >= 4 is 27.5 Å². The Hall–Kier alpha value is -2.22. The number of nitrogens with one attached hydrogen (secondary N) is 1. The first-order valence-electron chi connectivity index (χ1n) is 7.25. The standard InChI is InChI=1S/C15H13BrFN5O/c16-11-7-19-15(22-8-20-21-14(11)22)18-6-10-9-2-1-5-23-13(9)4-3-12(10)17/h3-4,7-8H,1-2,5-6H2,(H,18,19). The summed E-state index contributed by atoms with van der Waals surface area (Å²) >= 11 is 3.38. The molecule has 118 valence electrons. The molecule has 1 aromatic carbocycles. The van der Waals surface area contributed by atoms with E-state index < -0.39 is 0 Å². The molecule has 1 aliphatic heterocycles. The van der Waals surface area contributed by atoms with Crippen LogP contribution in [0.3, 0.4) is 0 Å². The molecule has 0 bridgehead atoms. The van der Waals surface area contributed by atoms with Gasteiger partial charge in [0.2, 0.25) is 5.95 Å². The number of halogens is 2. The van der Waals surface area contributed by atoms with Gasteiger partial charge < -0.3 is 10.1 Å². The summed E-state index contributed by atoms with van der Waals surface area (Å²) in [6.45, 7) is 1.00. The highest BCUT2D eigenvalue weighted by atomic mass is 79.9. The summed E-state index contributed by atoms with van der Waals surface area (Å²) in [5.41, 5.74) is 2.20. The number of anilines is 1. The van der Waals surface area contributed by atoms with E-state index in [1.165, 1.54) is 6.07 Å². The van der Waals surface area contributed by atoms with Crippen LogP contribution < -0.4 is 10.1 Å². The number of aromatic nitrogens is 4. The molecule has 0 saturated heterocycles. The van der Waals surface area contributed by atoms with Gasteiger partial charge in [-0.2, -0.15) is 0 Å². The molecule has 1 N–H and O–H groups in total. The van der Waals surface area contributed by atoms with Crippen LogP contribution in [0.15, 0.2) is 29.1 Å². The molecule has 0 atom stereocenters. The average Bonchev–Trinajstić information content (AvgIpc) is 3.06. The highest BCUT2D eigenvalue weighted by molar-refractivity contribution is 9.10. The van der Waals surface area contributed by atoms with Crippen molar-refractivity contribution in [2.75, 3.05) is 11.9 Å². The fourth-order valence-electron chi connectivity index (χ4n) is 2.76. The summed E-state index contributed by atoms with van der Waals surface area (Å²) in [6, 6.07) is 3.15. The van der Waals surface area contributed by atoms with Crippen molar-refractivity contribution < 1.29 is 9.13 Å². The molecule has 8 heteroatoms. The van der Waals surface area contributed by atoms with Crippen molar-refractivity contribution in [3.8, 4) is 5.75 Å². The van der Waals surface area contributed by atoms with Gasteiger partial charge in [-0.15, -0.1) is 10.2 Å². The van der Waals surface area contributed by atoms with E-state index in [0.29, 0.717) is 30.3 Å². The Bertz CT molecular complexity index is 882. The topological polar surface area (TPSA) is 64.3 Å². The zero-order valence-corrected chi connectivity index (χ0v) is 13.7. The summed E-state index contributed by atoms with van der Waals surface area (Å²) < 4.78 is 22.3. The van der Waals surface area contributed by atoms with Crippen LogP contribution in [0.4, 0.5) is 10.3 Å². The van der Waals surface area contributed by atoms with E-state index in [1.807, 2.05) is 0 Å². The predicted molar refractivity (Wildman–Crippen MR) is 86.0 cm³/mol. The molecule has 1 aliphatic rings. The molecule has 0 radical (unpaired) electrons. The highest BCUT2D eigenvalue weighted by Crippen LogP contribution is 2.30. The fourth-order valence-corrected chi connectivity index (χ4v) is 3.14. The maximum absolute atomic E-state index is 14.2. The van der Waals surface area contributed by atoms with Crippen LogP contribution in [-0.4, -0.2) is 26.2 Å². The summed E-state index contributed by atoms with van der Waals surface area (Å²) in [7, 11) is 0. The van der Waals surface area contributed by atoms with Gasteiger partial charge in [0, 0.05) is 23.9 Å². The van der Waals surface area contributed by atoms with Crippen LogP contribution in [0.5, 0.6) is 5.75 Å². The lowest BCUT2D eigenvalue weighted by Crippen LogP contribution is -2.15. The van der Waals surface area contributed by atoms with Gasteiger partial charge in [-0.3, -0.25) is 4.40 Å². The molecular weight excluding hydrogens is 365 g/mol. The Morgan fingerprint density at radius 1 is 1.39 bits per heavy atom. The number of hydrogen-bond acceptors (Lipinski definition) is 5. The van der Waals surface area contributed by atoms with Gasteiger partial charge in [-0.1, -0.05) is 0 Å². The van der Waals surface area contributed by atoms with Crippen LogP contribution in [0.1, 0.15) is 17.5 Å². The normalized spacial score (nSPS) is 13.7. The molecule has 4 rings (SSSR count). The number of ether oxygens (including phenoxy) is 1. The van der Waals surface area contributed by atoms with E-state index >= 15 is 0 Å². The lowest BCUT2D eigenvalue weighted by molar-refractivity contribution is 0.286. The quantitative estimate of drug-likeness (QED) is 0.759. The molecule has 2 aromatic heterocycles. The van der Waals surface area contributed by atoms with Crippen molar-refractivity contribution in [1.82, 2.24) is 19.6 Å². The summed E-state index contributed by atoms with van der Waals surface area (Å²) in [5, 5.41) is 11.1. The Labute approximate surface area is 139 Å². The van der Waals surface area contributed by atoms with E-state index in [0.717, 1.165) is 28.6 Å². The van der Waals surface area contributed by atoms with Crippen LogP contribution >= 0.6 is 15.9 Å². The first-order valence-corrected chi connectivity index (χ1v) is 8.04. The van der Waals surface area contributed by atoms with Gasteiger partial charge in [0.15, 0.2) is 5.65 Å². The van der Waals surface area contributed by atoms with Gasteiger partial charge >= 0.3 is 0 Å². The monoisotopic (exact) mass is 377 g/mol. The third kappa shape index (κ3) is 2.52. The number of nitrogens with zero attached hydrogens (tertiary/aromatic N) is 4. The molecule has 0 aliphatic carbocycles. The Kier molecular flexibility index (Phi) is 3.60. The second-order valence-electron chi connectivity index (χ2n) is 5.26. The third-order valence-electron chi connectivity index (χ3n) is 3.87. The molecule has 0 fully saturated rings. The molecule has 0 unspecified atom stereocenters. The second-order valence-corrected chi connectivity index (χ2v) is 6.12. The number of hydrogen-bond donors (Lipinski definition) is 1. The largest absolute Gasteiger partial charge is 0.493 e. The van der Waals surface area contributed by atoms with Gasteiger partial charge in [-0.05, 0) is 40.9 Å². The van der Waals surface area contributed by atoms with Gasteiger partial charge in [0.1, 0.15) is 17.9 Å². The molecule has 0 spiro atoms. The number of fused-ring (bicyclic) bond motifs is 2. The lowest BCUT2D eigenvalue weighted by Gasteiger charge is -2.21. The first-order chi connectivity index (χ1) is 11.2. The summed E-state index contributed by atoms with van der Waals surface area (Å²) in [6.07, 6.45) is 4.93. The Morgan fingerprint density at radius 3 is 3.22 bits per heavy atom. The summed E-state index contributed by atoms with van der Waals surface area (Å²) in [4.78, 5) is 4.31. The van der Waals surface area contributed by atoms with E-state index in [4.69, 9.17) is 4.74 Å². The minimum absolute atomic E-state index is 0.237. The first kappa shape index (κ1) is 14.4. The van der Waals surface area contributed by atoms with E-state index in [9.17, 15) is 4.39 Å². The van der Waals surface area contributed by atoms with Crippen molar-refractivity contribution in [3.63, 3.8) is 0 Å². The van der Waals surface area contributed by atoms with Crippen molar-refractivity contribution in [2.45, 2.75) is 19.4 Å². The van der Waals surface area contributed by atoms with Crippen LogP contribution in [0.25, 0.3) is 5.65 Å². The zero-order valence-electron chi connectivity index (χ0n) is 12.1. The Morgan fingerprint density at radius 2 is 2.30 bits per heavy atom. The minimum Gasteiger partial charge on any atom is -0.493 e. The van der Waals surface area contributed by atoms with Crippen LogP contribution in [0, 0.1) is 5.82 Å². The molecule has 6 nitrogen and oxygen atoms in total. The molecule has 0 amide bonds. The highest BCUT2D eigenvalue weighted by Gasteiger charge is 2.18. The SMILES string of the molecule is Fc1ccc2c(c1CNc1ncc(Br)c3nncn13)CCCO2. The Balaban J connectivity index is 1.66. The average molecular weight is 378 g/mol. The molecular formula is C15H13BrFN5O. The minimum atomic E-state index is -0.237. The van der Waals surface area contributed by atoms with Crippen molar-refractivity contribution in [2.24, 2.45) is 0 Å². The molecule has 3 aromatic rings. The zero-order chi connectivity index (χ0) is 15.8. The third-order valence-corrected chi connectivity index (χ3v) is 4.43. The van der Waals surface area contributed by atoms with E-state index in [1.54, 1.807) is 23.0 Å². The molecule has 23 heavy (non-hydrogen) atoms. The van der Waals surface area contributed by atoms with Crippen molar-refractivity contribution in [1.29, 1.82) is 0 Å². The van der Waals surface area contributed by atoms with Crippen LogP contribution in [0.2, 0.25) is 0 Å². The van der Waals surface area contributed by atoms with Gasteiger partial charge in [0.25, 0.3) is 0 Å². The van der Waals surface area contributed by atoms with Gasteiger partial charge in [0.05, 0.1) is 11.1 Å².